The summed E-state index contributed by atoms with van der Waals surface area (Å²) in [6, 6.07) is 8.88. The van der Waals surface area contributed by atoms with Crippen molar-refractivity contribution in [2.24, 2.45) is 0 Å². The van der Waals surface area contributed by atoms with Gasteiger partial charge in [0.2, 0.25) is 0 Å². The molecule has 0 heterocycles. The fourth-order valence-electron chi connectivity index (χ4n) is 1.98. The van der Waals surface area contributed by atoms with Gasteiger partial charge in [0.05, 0.1) is 16.6 Å². The van der Waals surface area contributed by atoms with E-state index in [9.17, 15) is 14.9 Å². The number of nitrogens with one attached hydrogen (secondary N) is 1. The van der Waals surface area contributed by atoms with Crippen molar-refractivity contribution in [3.63, 3.8) is 0 Å². The molecule has 2 rings (SSSR count). The number of ether oxygens (including phenoxy) is 2. The van der Waals surface area contributed by atoms with Crippen molar-refractivity contribution in [1.82, 2.24) is 0 Å². The van der Waals surface area contributed by atoms with Crippen LogP contribution < -0.4 is 10.1 Å². The Balaban J connectivity index is 2.11. The fraction of sp³-hybridized carbons (Fsp3) is 0.188. The minimum atomic E-state index is -1.09. The third-order valence-electron chi connectivity index (χ3n) is 3.07. The number of rotatable bonds is 9. The lowest BCUT2D eigenvalue weighted by atomic mass is 10.2. The van der Waals surface area contributed by atoms with Crippen LogP contribution in [0, 0.1) is 10.1 Å². The first-order valence-electron chi connectivity index (χ1n) is 7.31. The Morgan fingerprint density at radius 3 is 2.65 bits per heavy atom. The Hall–Kier alpha value is -2.55. The van der Waals surface area contributed by atoms with E-state index in [2.05, 4.69) is 5.32 Å². The molecule has 2 aromatic carbocycles. The van der Waals surface area contributed by atoms with Crippen LogP contribution in [0.5, 0.6) is 11.5 Å². The van der Waals surface area contributed by atoms with E-state index in [1.165, 1.54) is 24.3 Å². The van der Waals surface area contributed by atoms with E-state index in [4.69, 9.17) is 37.8 Å². The molecule has 0 unspecified atom stereocenters. The molecular formula is C16H14Cl2N2O6. The van der Waals surface area contributed by atoms with E-state index in [1.807, 2.05) is 0 Å². The van der Waals surface area contributed by atoms with Crippen molar-refractivity contribution in [2.75, 3.05) is 25.1 Å². The smallest absolute Gasteiger partial charge is 0.329 e. The zero-order valence-electron chi connectivity index (χ0n) is 13.3. The predicted molar refractivity (Wildman–Crippen MR) is 96.6 cm³/mol. The van der Waals surface area contributed by atoms with Crippen molar-refractivity contribution in [2.45, 2.75) is 0 Å². The van der Waals surface area contributed by atoms with Crippen LogP contribution in [-0.4, -0.2) is 35.8 Å². The van der Waals surface area contributed by atoms with Crippen LogP contribution in [0.2, 0.25) is 10.0 Å². The first kappa shape index (κ1) is 19.8. The average molecular weight is 401 g/mol. The van der Waals surface area contributed by atoms with E-state index in [1.54, 1.807) is 12.1 Å². The first-order chi connectivity index (χ1) is 12.4. The Bertz CT molecular complexity index is 815. The summed E-state index contributed by atoms with van der Waals surface area (Å²) in [5.41, 5.74) is 0.0503. The van der Waals surface area contributed by atoms with E-state index in [0.717, 1.165) is 0 Å². The summed E-state index contributed by atoms with van der Waals surface area (Å²) in [4.78, 5) is 21.0. The van der Waals surface area contributed by atoms with Gasteiger partial charge in [-0.3, -0.25) is 10.1 Å². The number of hydrogen-bond acceptors (Lipinski definition) is 6. The molecule has 0 saturated heterocycles. The molecule has 0 atom stereocenters. The van der Waals surface area contributed by atoms with Gasteiger partial charge in [0.25, 0.3) is 5.69 Å². The summed E-state index contributed by atoms with van der Waals surface area (Å²) in [5, 5.41) is 23.2. The highest BCUT2D eigenvalue weighted by Crippen LogP contribution is 2.35. The molecule has 0 aliphatic carbocycles. The number of halogens is 2. The number of nitro groups is 1. The zero-order chi connectivity index (χ0) is 19.1. The van der Waals surface area contributed by atoms with Gasteiger partial charge in [0.1, 0.15) is 23.8 Å². The second-order valence-corrected chi connectivity index (χ2v) is 5.83. The van der Waals surface area contributed by atoms with Gasteiger partial charge in [-0.15, -0.1) is 0 Å². The van der Waals surface area contributed by atoms with E-state index in [-0.39, 0.29) is 24.5 Å². The van der Waals surface area contributed by atoms with Crippen LogP contribution in [0.1, 0.15) is 0 Å². The number of anilines is 1. The lowest BCUT2D eigenvalue weighted by Crippen LogP contribution is -2.14. The maximum absolute atomic E-state index is 11.1. The van der Waals surface area contributed by atoms with Crippen LogP contribution in [0.4, 0.5) is 11.4 Å². The molecule has 0 aliphatic rings. The third kappa shape index (κ3) is 5.76. The molecule has 0 saturated carbocycles. The molecule has 138 valence electrons. The summed E-state index contributed by atoms with van der Waals surface area (Å²) in [7, 11) is 0. The first-order valence-corrected chi connectivity index (χ1v) is 8.07. The van der Waals surface area contributed by atoms with Gasteiger partial charge in [0, 0.05) is 23.7 Å². The predicted octanol–water partition coefficient (Wildman–Crippen LogP) is 4.21. The average Bonchev–Trinajstić information content (AvgIpc) is 2.57. The maximum Gasteiger partial charge on any atom is 0.329 e. The van der Waals surface area contributed by atoms with Crippen molar-refractivity contribution in [1.29, 1.82) is 0 Å². The Morgan fingerprint density at radius 1 is 1.23 bits per heavy atom. The molecule has 0 bridgehead atoms. The van der Waals surface area contributed by atoms with Gasteiger partial charge in [-0.05, 0) is 24.3 Å². The second kappa shape index (κ2) is 9.23. The number of nitrogens with zero attached hydrogens (tertiary/aromatic N) is 1. The van der Waals surface area contributed by atoms with Crippen molar-refractivity contribution in [3.8, 4) is 11.5 Å². The molecule has 0 fully saturated rings. The maximum atomic E-state index is 11.1. The number of aliphatic carboxylic acids is 1. The summed E-state index contributed by atoms with van der Waals surface area (Å²) in [5.74, 6) is -0.416. The molecule has 0 amide bonds. The lowest BCUT2D eigenvalue weighted by Gasteiger charge is -2.11. The summed E-state index contributed by atoms with van der Waals surface area (Å²) >= 11 is 11.9. The summed E-state index contributed by atoms with van der Waals surface area (Å²) in [6.45, 7) is -0.196. The topological polar surface area (TPSA) is 111 Å². The number of nitro benzene ring substituents is 1. The number of hydrogen-bond donors (Lipinski definition) is 2. The Morgan fingerprint density at radius 2 is 2.00 bits per heavy atom. The van der Waals surface area contributed by atoms with E-state index in [0.29, 0.717) is 21.5 Å². The molecule has 0 aliphatic heterocycles. The monoisotopic (exact) mass is 400 g/mol. The van der Waals surface area contributed by atoms with Crippen molar-refractivity contribution >= 4 is 40.5 Å². The molecule has 8 nitrogen and oxygen atoms in total. The van der Waals surface area contributed by atoms with Crippen LogP contribution in [-0.2, 0) is 9.53 Å². The minimum absolute atomic E-state index is 0.0670. The van der Waals surface area contributed by atoms with Crippen molar-refractivity contribution < 1.29 is 24.3 Å². The van der Waals surface area contributed by atoms with Gasteiger partial charge in [-0.1, -0.05) is 23.2 Å². The Kier molecular flexibility index (Phi) is 7.02. The number of carbonyl (C=O) groups is 1. The molecule has 26 heavy (non-hydrogen) atoms. The van der Waals surface area contributed by atoms with Gasteiger partial charge < -0.3 is 19.9 Å². The molecule has 0 aromatic heterocycles. The molecule has 2 aromatic rings. The van der Waals surface area contributed by atoms with Crippen LogP contribution >= 0.6 is 23.2 Å². The standard InChI is InChI=1S/C16H14Cl2N2O6/c17-10-1-4-15(12(18)7-10)26-11-2-3-14(20(23)24)13(8-11)19-5-6-25-9-16(21)22/h1-4,7-8,19H,5-6,9H2,(H,21,22). The Labute approximate surface area is 158 Å². The van der Waals surface area contributed by atoms with Crippen molar-refractivity contribution in [3.05, 3.63) is 56.6 Å². The largest absolute Gasteiger partial charge is 0.480 e. The third-order valence-corrected chi connectivity index (χ3v) is 3.60. The lowest BCUT2D eigenvalue weighted by molar-refractivity contribution is -0.384. The van der Waals surface area contributed by atoms with Gasteiger partial charge >= 0.3 is 5.97 Å². The quantitative estimate of drug-likeness (QED) is 0.368. The minimum Gasteiger partial charge on any atom is -0.480 e. The normalized spacial score (nSPS) is 10.4. The fourth-order valence-corrected chi connectivity index (χ4v) is 2.43. The number of benzene rings is 2. The molecular weight excluding hydrogens is 387 g/mol. The highest BCUT2D eigenvalue weighted by Gasteiger charge is 2.15. The van der Waals surface area contributed by atoms with E-state index < -0.39 is 17.5 Å². The highest BCUT2D eigenvalue weighted by atomic mass is 35.5. The van der Waals surface area contributed by atoms with Crippen LogP contribution in [0.15, 0.2) is 36.4 Å². The molecule has 0 spiro atoms. The summed E-state index contributed by atoms with van der Waals surface area (Å²) in [6.07, 6.45) is 0. The molecule has 0 radical (unpaired) electrons. The zero-order valence-corrected chi connectivity index (χ0v) is 14.8. The van der Waals surface area contributed by atoms with Crippen LogP contribution in [0.25, 0.3) is 0 Å². The molecule has 2 N–H and O–H groups in total. The van der Waals surface area contributed by atoms with E-state index >= 15 is 0 Å². The highest BCUT2D eigenvalue weighted by molar-refractivity contribution is 6.35. The molecule has 10 heteroatoms. The second-order valence-electron chi connectivity index (χ2n) is 4.99. The SMILES string of the molecule is O=C(O)COCCNc1cc(Oc2ccc(Cl)cc2Cl)ccc1[N+](=O)[O-]. The van der Waals surface area contributed by atoms with Crippen LogP contribution in [0.3, 0.4) is 0 Å². The van der Waals surface area contributed by atoms with Gasteiger partial charge in [-0.25, -0.2) is 4.79 Å². The summed E-state index contributed by atoms with van der Waals surface area (Å²) < 4.78 is 10.5. The number of carboxylic acid groups (broad SMARTS) is 1. The van der Waals surface area contributed by atoms with Gasteiger partial charge in [-0.2, -0.15) is 0 Å². The number of carboxylic acids is 1. The van der Waals surface area contributed by atoms with Gasteiger partial charge in [0.15, 0.2) is 0 Å².